The second-order valence-corrected chi connectivity index (χ2v) is 9.81. The summed E-state index contributed by atoms with van der Waals surface area (Å²) in [6.07, 6.45) is 3.60. The van der Waals surface area contributed by atoms with Crippen molar-refractivity contribution in [1.82, 2.24) is 15.3 Å². The van der Waals surface area contributed by atoms with E-state index in [2.05, 4.69) is 34.4 Å². The van der Waals surface area contributed by atoms with Crippen LogP contribution >= 0.6 is 11.6 Å². The topological polar surface area (TPSA) is 106 Å². The smallest absolute Gasteiger partial charge is 0.415 e. The Hall–Kier alpha value is -2.91. The number of amides is 2. The first-order chi connectivity index (χ1) is 15.8. The van der Waals surface area contributed by atoms with Crippen molar-refractivity contribution in [2.75, 3.05) is 29.9 Å². The van der Waals surface area contributed by atoms with Crippen LogP contribution in [-0.4, -0.2) is 53.3 Å². The lowest BCUT2D eigenvalue weighted by molar-refractivity contribution is -0.118. The summed E-state index contributed by atoms with van der Waals surface area (Å²) in [7, 11) is 0. The summed E-state index contributed by atoms with van der Waals surface area (Å²) in [6.45, 7) is 5.42. The van der Waals surface area contributed by atoms with Crippen LogP contribution in [0.15, 0.2) is 24.4 Å². The Morgan fingerprint density at radius 3 is 2.94 bits per heavy atom. The normalized spacial score (nSPS) is 21.8. The molecule has 3 aliphatic rings. The van der Waals surface area contributed by atoms with Gasteiger partial charge in [0.15, 0.2) is 18.2 Å². The van der Waals surface area contributed by atoms with Crippen molar-refractivity contribution in [3.8, 4) is 5.75 Å². The molecule has 10 heteroatoms. The number of hydrogen-bond acceptors (Lipinski definition) is 7. The monoisotopic (exact) mass is 471 g/mol. The summed E-state index contributed by atoms with van der Waals surface area (Å²) in [5.74, 6) is 1.41. The number of hydrogen-bond donors (Lipinski definition) is 2. The first kappa shape index (κ1) is 21.9. The molecular formula is C23H26ClN5O4. The Kier molecular flexibility index (Phi) is 5.62. The van der Waals surface area contributed by atoms with Gasteiger partial charge in [-0.15, -0.1) is 0 Å². The molecule has 0 radical (unpaired) electrons. The first-order valence-corrected chi connectivity index (χ1v) is 11.4. The van der Waals surface area contributed by atoms with Gasteiger partial charge in [0.25, 0.3) is 5.91 Å². The van der Waals surface area contributed by atoms with Crippen LogP contribution in [0.5, 0.6) is 5.75 Å². The van der Waals surface area contributed by atoms with Crippen LogP contribution in [0, 0.1) is 5.92 Å². The average Bonchev–Trinajstić information content (AvgIpc) is 3.35. The number of nitrogens with one attached hydrogen (secondary N) is 2. The number of ether oxygens (including phenoxy) is 2. The highest BCUT2D eigenvalue weighted by Gasteiger charge is 2.37. The maximum absolute atomic E-state index is 12.5. The predicted molar refractivity (Wildman–Crippen MR) is 123 cm³/mol. The van der Waals surface area contributed by atoms with E-state index in [0.29, 0.717) is 41.4 Å². The molecule has 0 aromatic carbocycles. The van der Waals surface area contributed by atoms with Crippen molar-refractivity contribution >= 4 is 35.2 Å². The lowest BCUT2D eigenvalue weighted by Crippen LogP contribution is -2.45. The minimum atomic E-state index is -0.445. The molecule has 0 saturated carbocycles. The summed E-state index contributed by atoms with van der Waals surface area (Å²) in [4.78, 5) is 34.2. The van der Waals surface area contributed by atoms with Gasteiger partial charge < -0.3 is 20.1 Å². The molecule has 1 saturated heterocycles. The van der Waals surface area contributed by atoms with Gasteiger partial charge in [-0.3, -0.25) is 9.69 Å². The van der Waals surface area contributed by atoms with Gasteiger partial charge in [0.1, 0.15) is 17.1 Å². The number of rotatable bonds is 6. The summed E-state index contributed by atoms with van der Waals surface area (Å²) in [5.41, 5.74) is 2.20. The molecule has 33 heavy (non-hydrogen) atoms. The van der Waals surface area contributed by atoms with Crippen LogP contribution in [0.25, 0.3) is 0 Å². The summed E-state index contributed by atoms with van der Waals surface area (Å²) < 4.78 is 11.0. The molecule has 9 nitrogen and oxygen atoms in total. The van der Waals surface area contributed by atoms with Crippen molar-refractivity contribution < 1.29 is 19.1 Å². The van der Waals surface area contributed by atoms with E-state index in [4.69, 9.17) is 21.1 Å². The fourth-order valence-electron chi connectivity index (χ4n) is 4.71. The van der Waals surface area contributed by atoms with Gasteiger partial charge in [0.05, 0.1) is 6.54 Å². The second-order valence-electron chi connectivity index (χ2n) is 9.45. The Labute approximate surface area is 196 Å². The van der Waals surface area contributed by atoms with E-state index in [9.17, 15) is 9.59 Å². The van der Waals surface area contributed by atoms with E-state index in [1.54, 1.807) is 18.3 Å². The number of fused-ring (bicyclic) bond motifs is 2. The first-order valence-electron chi connectivity index (χ1n) is 11.1. The molecule has 2 amide bonds. The third kappa shape index (κ3) is 4.60. The zero-order valence-electron chi connectivity index (χ0n) is 18.6. The molecule has 1 fully saturated rings. The molecule has 0 bridgehead atoms. The van der Waals surface area contributed by atoms with Crippen LogP contribution in [0.3, 0.4) is 0 Å². The van der Waals surface area contributed by atoms with Gasteiger partial charge in [-0.1, -0.05) is 11.6 Å². The average molecular weight is 472 g/mol. The van der Waals surface area contributed by atoms with Crippen LogP contribution in [0.1, 0.15) is 31.4 Å². The molecule has 174 valence electrons. The van der Waals surface area contributed by atoms with E-state index in [1.165, 1.54) is 10.5 Å². The van der Waals surface area contributed by atoms with Gasteiger partial charge in [0.2, 0.25) is 0 Å². The largest absolute Gasteiger partial charge is 0.480 e. The number of carbonyl (C=O) groups is 2. The van der Waals surface area contributed by atoms with Crippen molar-refractivity contribution in [1.29, 1.82) is 0 Å². The number of anilines is 2. The van der Waals surface area contributed by atoms with E-state index in [1.807, 2.05) is 6.07 Å². The zero-order chi connectivity index (χ0) is 23.2. The fraction of sp³-hybridized carbons (Fsp3) is 0.478. The molecule has 0 spiro atoms. The van der Waals surface area contributed by atoms with Gasteiger partial charge in [-0.25, -0.2) is 14.8 Å². The van der Waals surface area contributed by atoms with Crippen molar-refractivity contribution in [2.45, 2.75) is 44.8 Å². The number of carbonyl (C=O) groups excluding carboxylic acids is 2. The molecule has 2 aliphatic heterocycles. The molecule has 2 aromatic rings. The van der Waals surface area contributed by atoms with Gasteiger partial charge in [0, 0.05) is 18.2 Å². The Morgan fingerprint density at radius 1 is 1.27 bits per heavy atom. The molecule has 5 rings (SSSR count). The highest BCUT2D eigenvalue weighted by molar-refractivity contribution is 6.30. The van der Waals surface area contributed by atoms with E-state index < -0.39 is 6.09 Å². The van der Waals surface area contributed by atoms with Crippen LogP contribution < -0.4 is 20.3 Å². The molecule has 2 aromatic heterocycles. The van der Waals surface area contributed by atoms with E-state index >= 15 is 0 Å². The lowest BCUT2D eigenvalue weighted by Gasteiger charge is -2.30. The minimum Gasteiger partial charge on any atom is -0.480 e. The van der Waals surface area contributed by atoms with Crippen LogP contribution in [0.4, 0.5) is 16.4 Å². The maximum atomic E-state index is 12.5. The Morgan fingerprint density at radius 2 is 2.12 bits per heavy atom. The van der Waals surface area contributed by atoms with Gasteiger partial charge in [-0.2, -0.15) is 0 Å². The standard InChI is InChI=1S/C23H26ClN5O4/c1-23(2,26-10-13-7-14-5-6-25-20(24)16(14)8-13)9-15-11-29(22(31)33-15)18-4-3-17-21(27-18)28-19(30)12-32-17/h3-6,13,15,26H,7-12H2,1-2H3,(H,27,28,30). The SMILES string of the molecule is CC(C)(CC1CN(c2ccc3c(n2)NC(=O)CO3)C(=O)O1)NCC1Cc2ccnc(Cl)c2C1. The number of cyclic esters (lactones) is 1. The van der Waals surface area contributed by atoms with E-state index in [-0.39, 0.29) is 24.2 Å². The molecule has 2 atom stereocenters. The summed E-state index contributed by atoms with van der Waals surface area (Å²) >= 11 is 6.25. The highest BCUT2D eigenvalue weighted by atomic mass is 35.5. The number of nitrogens with zero attached hydrogens (tertiary/aromatic N) is 3. The number of aromatic nitrogens is 2. The summed E-state index contributed by atoms with van der Waals surface area (Å²) in [6, 6.07) is 5.44. The third-order valence-corrected chi connectivity index (χ3v) is 6.65. The van der Waals surface area contributed by atoms with Crippen molar-refractivity contribution in [3.63, 3.8) is 0 Å². The minimum absolute atomic E-state index is 0.0409. The second kappa shape index (κ2) is 8.46. The van der Waals surface area contributed by atoms with Crippen LogP contribution in [-0.2, 0) is 22.4 Å². The van der Waals surface area contributed by atoms with Gasteiger partial charge >= 0.3 is 6.09 Å². The Balaban J connectivity index is 1.17. The molecular weight excluding hydrogens is 446 g/mol. The van der Waals surface area contributed by atoms with Crippen molar-refractivity contribution in [2.24, 2.45) is 5.92 Å². The summed E-state index contributed by atoms with van der Waals surface area (Å²) in [5, 5.41) is 6.92. The quantitative estimate of drug-likeness (QED) is 0.624. The number of halogens is 1. The number of pyridine rings is 2. The molecule has 1 aliphatic carbocycles. The highest BCUT2D eigenvalue weighted by Crippen LogP contribution is 2.32. The molecule has 4 heterocycles. The molecule has 2 unspecified atom stereocenters. The van der Waals surface area contributed by atoms with Crippen LogP contribution in [0.2, 0.25) is 5.15 Å². The Bertz CT molecular complexity index is 1110. The third-order valence-electron chi connectivity index (χ3n) is 6.32. The van der Waals surface area contributed by atoms with Gasteiger partial charge in [-0.05, 0) is 68.5 Å². The fourth-order valence-corrected chi connectivity index (χ4v) is 4.96. The maximum Gasteiger partial charge on any atom is 0.415 e. The molecule has 2 N–H and O–H groups in total. The van der Waals surface area contributed by atoms with Crippen molar-refractivity contribution in [3.05, 3.63) is 40.7 Å². The lowest BCUT2D eigenvalue weighted by atomic mass is 9.95. The predicted octanol–water partition coefficient (Wildman–Crippen LogP) is 2.96. The van der Waals surface area contributed by atoms with E-state index in [0.717, 1.165) is 24.9 Å². The zero-order valence-corrected chi connectivity index (χ0v) is 19.3.